The molecule has 0 bridgehead atoms. The minimum Gasteiger partial charge on any atom is -0.384 e. The third-order valence-electron chi connectivity index (χ3n) is 1.89. The summed E-state index contributed by atoms with van der Waals surface area (Å²) >= 11 is 1.90. The van der Waals surface area contributed by atoms with Gasteiger partial charge in [0.2, 0.25) is 0 Å². The lowest BCUT2D eigenvalue weighted by Gasteiger charge is -2.06. The number of hydrogen-bond donors (Lipinski definition) is 1. The fourth-order valence-corrected chi connectivity index (χ4v) is 1.92. The highest BCUT2D eigenvalue weighted by Crippen LogP contribution is 2.19. The molecule has 1 nitrogen and oxygen atoms in total. The summed E-state index contributed by atoms with van der Waals surface area (Å²) in [4.78, 5) is 0. The van der Waals surface area contributed by atoms with Crippen molar-refractivity contribution in [2.24, 2.45) is 0 Å². The van der Waals surface area contributed by atoms with Crippen molar-refractivity contribution < 1.29 is 5.11 Å². The summed E-state index contributed by atoms with van der Waals surface area (Å²) < 4.78 is 0. The van der Waals surface area contributed by atoms with E-state index >= 15 is 0 Å². The van der Waals surface area contributed by atoms with Crippen LogP contribution >= 0.6 is 11.8 Å². The molecule has 1 N–H and O–H groups in total. The number of benzene rings is 1. The van der Waals surface area contributed by atoms with Crippen LogP contribution in [0.1, 0.15) is 25.0 Å². The van der Waals surface area contributed by atoms with Crippen LogP contribution in [-0.2, 0) is 5.75 Å². The van der Waals surface area contributed by atoms with Gasteiger partial charge in [-0.15, -0.1) is 0 Å². The SMILES string of the molecule is CC(C)SCc1ccccc1C#CCO. The van der Waals surface area contributed by atoms with Crippen molar-refractivity contribution >= 4 is 11.8 Å². The smallest absolute Gasteiger partial charge is 0.104 e. The molecule has 0 atom stereocenters. The fourth-order valence-electron chi connectivity index (χ4n) is 1.16. The van der Waals surface area contributed by atoms with Crippen molar-refractivity contribution in [3.8, 4) is 11.8 Å². The van der Waals surface area contributed by atoms with E-state index in [9.17, 15) is 0 Å². The average molecular weight is 220 g/mol. The van der Waals surface area contributed by atoms with Crippen LogP contribution in [0.5, 0.6) is 0 Å². The lowest BCUT2D eigenvalue weighted by molar-refractivity contribution is 0.350. The summed E-state index contributed by atoms with van der Waals surface area (Å²) in [6.07, 6.45) is 0. The van der Waals surface area contributed by atoms with Crippen molar-refractivity contribution in [1.29, 1.82) is 0 Å². The molecule has 0 aromatic heterocycles. The molecule has 0 fully saturated rings. The first kappa shape index (κ1) is 12.2. The van der Waals surface area contributed by atoms with Gasteiger partial charge in [0.15, 0.2) is 0 Å². The molecular weight excluding hydrogens is 204 g/mol. The second kappa shape index (κ2) is 6.55. The minimum atomic E-state index is -0.0777. The van der Waals surface area contributed by atoms with Crippen LogP contribution in [0, 0.1) is 11.8 Å². The van der Waals surface area contributed by atoms with Crippen LogP contribution < -0.4 is 0 Å². The van der Waals surface area contributed by atoms with Gasteiger partial charge in [-0.05, 0) is 16.9 Å². The van der Waals surface area contributed by atoms with E-state index in [1.165, 1.54) is 5.56 Å². The molecule has 15 heavy (non-hydrogen) atoms. The Morgan fingerprint density at radius 1 is 1.33 bits per heavy atom. The number of hydrogen-bond acceptors (Lipinski definition) is 2. The molecule has 0 aliphatic carbocycles. The van der Waals surface area contributed by atoms with Gasteiger partial charge >= 0.3 is 0 Å². The second-order valence-electron chi connectivity index (χ2n) is 3.48. The molecule has 0 aliphatic heterocycles. The Morgan fingerprint density at radius 3 is 2.73 bits per heavy atom. The summed E-state index contributed by atoms with van der Waals surface area (Å²) in [6.45, 7) is 4.30. The Hall–Kier alpha value is -0.910. The molecule has 0 radical (unpaired) electrons. The highest BCUT2D eigenvalue weighted by atomic mass is 32.2. The van der Waals surface area contributed by atoms with Crippen LogP contribution in [-0.4, -0.2) is 17.0 Å². The number of aliphatic hydroxyl groups excluding tert-OH is 1. The molecule has 0 spiro atoms. The van der Waals surface area contributed by atoms with Crippen molar-refractivity contribution in [2.75, 3.05) is 6.61 Å². The van der Waals surface area contributed by atoms with Gasteiger partial charge in [0.1, 0.15) is 6.61 Å². The van der Waals surface area contributed by atoms with Crippen molar-refractivity contribution in [2.45, 2.75) is 24.9 Å². The Morgan fingerprint density at radius 2 is 2.07 bits per heavy atom. The molecular formula is C13H16OS. The predicted octanol–water partition coefficient (Wildman–Crippen LogP) is 2.67. The molecule has 1 rings (SSSR count). The van der Waals surface area contributed by atoms with Gasteiger partial charge in [0.25, 0.3) is 0 Å². The topological polar surface area (TPSA) is 20.2 Å². The number of aliphatic hydroxyl groups is 1. The van der Waals surface area contributed by atoms with Gasteiger partial charge in [0.05, 0.1) is 0 Å². The molecule has 0 heterocycles. The monoisotopic (exact) mass is 220 g/mol. The van der Waals surface area contributed by atoms with Crippen LogP contribution in [0.25, 0.3) is 0 Å². The van der Waals surface area contributed by atoms with E-state index in [-0.39, 0.29) is 6.61 Å². The van der Waals surface area contributed by atoms with E-state index in [1.807, 2.05) is 30.0 Å². The standard InChI is InChI=1S/C13H16OS/c1-11(2)15-10-13-7-4-3-6-12(13)8-5-9-14/h3-4,6-7,11,14H,9-10H2,1-2H3. The normalized spacial score (nSPS) is 9.87. The van der Waals surface area contributed by atoms with Gasteiger partial charge in [0, 0.05) is 11.3 Å². The first-order chi connectivity index (χ1) is 7.24. The summed E-state index contributed by atoms with van der Waals surface area (Å²) in [5.74, 6) is 6.64. The zero-order chi connectivity index (χ0) is 11.1. The molecule has 2 heteroatoms. The molecule has 0 saturated carbocycles. The van der Waals surface area contributed by atoms with Crippen LogP contribution in [0.3, 0.4) is 0 Å². The van der Waals surface area contributed by atoms with Crippen LogP contribution in [0.15, 0.2) is 24.3 Å². The first-order valence-electron chi connectivity index (χ1n) is 5.03. The van der Waals surface area contributed by atoms with Crippen LogP contribution in [0.4, 0.5) is 0 Å². The number of rotatable bonds is 3. The average Bonchev–Trinajstić information content (AvgIpc) is 2.24. The van der Waals surface area contributed by atoms with E-state index in [0.29, 0.717) is 5.25 Å². The van der Waals surface area contributed by atoms with Gasteiger partial charge in [-0.2, -0.15) is 11.8 Å². The first-order valence-corrected chi connectivity index (χ1v) is 6.08. The number of thioether (sulfide) groups is 1. The summed E-state index contributed by atoms with van der Waals surface area (Å²) in [6, 6.07) is 8.10. The van der Waals surface area contributed by atoms with Gasteiger partial charge in [-0.25, -0.2) is 0 Å². The maximum absolute atomic E-state index is 8.66. The maximum Gasteiger partial charge on any atom is 0.104 e. The maximum atomic E-state index is 8.66. The quantitative estimate of drug-likeness (QED) is 0.790. The van der Waals surface area contributed by atoms with Crippen LogP contribution in [0.2, 0.25) is 0 Å². The lowest BCUT2D eigenvalue weighted by atomic mass is 10.1. The van der Waals surface area contributed by atoms with Gasteiger partial charge < -0.3 is 5.11 Å². The van der Waals surface area contributed by atoms with E-state index in [0.717, 1.165) is 11.3 Å². The van der Waals surface area contributed by atoms with Crippen molar-refractivity contribution in [1.82, 2.24) is 0 Å². The zero-order valence-electron chi connectivity index (χ0n) is 9.16. The lowest BCUT2D eigenvalue weighted by Crippen LogP contribution is -1.92. The summed E-state index contributed by atoms with van der Waals surface area (Å²) in [5, 5.41) is 9.29. The zero-order valence-corrected chi connectivity index (χ0v) is 9.97. The molecule has 1 aromatic carbocycles. The Labute approximate surface area is 95.9 Å². The Kier molecular flexibility index (Phi) is 5.31. The Bertz CT molecular complexity index is 360. The highest BCUT2D eigenvalue weighted by Gasteiger charge is 2.00. The van der Waals surface area contributed by atoms with Crippen molar-refractivity contribution in [3.05, 3.63) is 35.4 Å². The molecule has 0 amide bonds. The predicted molar refractivity (Wildman–Crippen MR) is 66.8 cm³/mol. The molecule has 0 saturated heterocycles. The second-order valence-corrected chi connectivity index (χ2v) is 5.04. The molecule has 0 aliphatic rings. The Balaban J connectivity index is 2.77. The van der Waals surface area contributed by atoms with Crippen molar-refractivity contribution in [3.63, 3.8) is 0 Å². The van der Waals surface area contributed by atoms with E-state index in [1.54, 1.807) is 0 Å². The third-order valence-corrected chi connectivity index (χ3v) is 3.04. The third kappa shape index (κ3) is 4.42. The fraction of sp³-hybridized carbons (Fsp3) is 0.385. The molecule has 1 aromatic rings. The summed E-state index contributed by atoms with van der Waals surface area (Å²) in [5.41, 5.74) is 2.27. The molecule has 0 unspecified atom stereocenters. The minimum absolute atomic E-state index is 0.0777. The molecule has 80 valence electrons. The largest absolute Gasteiger partial charge is 0.384 e. The van der Waals surface area contributed by atoms with Gasteiger partial charge in [-0.3, -0.25) is 0 Å². The highest BCUT2D eigenvalue weighted by molar-refractivity contribution is 7.99. The summed E-state index contributed by atoms with van der Waals surface area (Å²) in [7, 11) is 0. The van der Waals surface area contributed by atoms with E-state index in [4.69, 9.17) is 5.11 Å². The van der Waals surface area contributed by atoms with E-state index < -0.39 is 0 Å². The van der Waals surface area contributed by atoms with Gasteiger partial charge in [-0.1, -0.05) is 43.9 Å². The van der Waals surface area contributed by atoms with E-state index in [2.05, 4.69) is 31.8 Å².